The molecular formula is C18H17BrN2O5. The summed E-state index contributed by atoms with van der Waals surface area (Å²) in [7, 11) is 3.11. The minimum absolute atomic E-state index is 0.167. The fourth-order valence-electron chi connectivity index (χ4n) is 2.42. The number of nitrogens with one attached hydrogen (secondary N) is 1. The fourth-order valence-corrected chi connectivity index (χ4v) is 2.85. The lowest BCUT2D eigenvalue weighted by Gasteiger charge is -2.09. The zero-order valence-electron chi connectivity index (χ0n) is 14.2. The van der Waals surface area contributed by atoms with Gasteiger partial charge >= 0.3 is 0 Å². The molecule has 1 aliphatic rings. The first-order valence-electron chi connectivity index (χ1n) is 7.72. The Kier molecular flexibility index (Phi) is 5.62. The van der Waals surface area contributed by atoms with Crippen molar-refractivity contribution < 1.29 is 23.7 Å². The minimum Gasteiger partial charge on any atom is -0.493 e. The van der Waals surface area contributed by atoms with Gasteiger partial charge in [-0.2, -0.15) is 5.10 Å². The Morgan fingerprint density at radius 1 is 1.19 bits per heavy atom. The highest BCUT2D eigenvalue weighted by Gasteiger charge is 2.15. The van der Waals surface area contributed by atoms with Gasteiger partial charge in [-0.25, -0.2) is 5.43 Å². The van der Waals surface area contributed by atoms with Crippen LogP contribution in [0.2, 0.25) is 0 Å². The molecule has 0 spiro atoms. The molecule has 26 heavy (non-hydrogen) atoms. The van der Waals surface area contributed by atoms with Crippen molar-refractivity contribution in [2.45, 2.75) is 6.42 Å². The van der Waals surface area contributed by atoms with E-state index in [1.807, 2.05) is 0 Å². The number of benzene rings is 2. The van der Waals surface area contributed by atoms with Crippen molar-refractivity contribution in [3.63, 3.8) is 0 Å². The van der Waals surface area contributed by atoms with Crippen LogP contribution in [0.25, 0.3) is 0 Å². The maximum atomic E-state index is 12.1. The van der Waals surface area contributed by atoms with Crippen molar-refractivity contribution in [3.8, 4) is 23.0 Å². The van der Waals surface area contributed by atoms with E-state index >= 15 is 0 Å². The molecule has 0 fully saturated rings. The predicted molar refractivity (Wildman–Crippen MR) is 99.3 cm³/mol. The number of halogens is 1. The molecule has 8 heteroatoms. The molecule has 0 saturated carbocycles. The summed E-state index contributed by atoms with van der Waals surface area (Å²) < 4.78 is 21.8. The summed E-state index contributed by atoms with van der Waals surface area (Å²) in [6, 6.07) is 8.91. The Bertz CT molecular complexity index is 854. The van der Waals surface area contributed by atoms with Crippen LogP contribution in [0.1, 0.15) is 11.1 Å². The largest absolute Gasteiger partial charge is 0.493 e. The third-order valence-corrected chi connectivity index (χ3v) is 4.38. The average Bonchev–Trinajstić information content (AvgIpc) is 3.08. The van der Waals surface area contributed by atoms with Crippen molar-refractivity contribution in [1.82, 2.24) is 5.43 Å². The van der Waals surface area contributed by atoms with Crippen LogP contribution in [0.15, 0.2) is 39.9 Å². The molecule has 0 aliphatic carbocycles. The van der Waals surface area contributed by atoms with Gasteiger partial charge in [0.25, 0.3) is 0 Å². The number of carbonyl (C=O) groups is 1. The van der Waals surface area contributed by atoms with Gasteiger partial charge in [0, 0.05) is 10.0 Å². The molecule has 1 aliphatic heterocycles. The molecule has 7 nitrogen and oxygen atoms in total. The van der Waals surface area contributed by atoms with E-state index in [4.69, 9.17) is 18.9 Å². The summed E-state index contributed by atoms with van der Waals surface area (Å²) >= 11 is 3.44. The number of rotatable bonds is 6. The zero-order valence-corrected chi connectivity index (χ0v) is 15.8. The maximum absolute atomic E-state index is 12.1. The van der Waals surface area contributed by atoms with E-state index in [1.54, 1.807) is 50.8 Å². The predicted octanol–water partition coefficient (Wildman–Crippen LogP) is 2.89. The SMILES string of the molecule is COc1ccc(CC(=O)N/N=C/c2cc3c(cc2Br)OCO3)cc1OC. The standard InChI is InChI=1S/C18H17BrN2O5/c1-23-14-4-3-11(5-15(14)24-2)6-18(22)21-20-9-12-7-16-17(8-13(12)19)26-10-25-16/h3-5,7-9H,6,10H2,1-2H3,(H,21,22)/b20-9+. The van der Waals surface area contributed by atoms with Gasteiger partial charge in [0.05, 0.1) is 26.9 Å². The van der Waals surface area contributed by atoms with Crippen LogP contribution in [0.3, 0.4) is 0 Å². The topological polar surface area (TPSA) is 78.4 Å². The summed E-state index contributed by atoms with van der Waals surface area (Å²) in [6.45, 7) is 0.199. The first-order chi connectivity index (χ1) is 12.6. The zero-order chi connectivity index (χ0) is 18.5. The molecule has 1 amide bonds. The van der Waals surface area contributed by atoms with Crippen molar-refractivity contribution >= 4 is 28.1 Å². The van der Waals surface area contributed by atoms with Crippen LogP contribution in [-0.2, 0) is 11.2 Å². The van der Waals surface area contributed by atoms with Gasteiger partial charge < -0.3 is 18.9 Å². The molecule has 0 radical (unpaired) electrons. The van der Waals surface area contributed by atoms with Gasteiger partial charge in [-0.1, -0.05) is 6.07 Å². The lowest BCUT2D eigenvalue weighted by molar-refractivity contribution is -0.120. The van der Waals surface area contributed by atoms with Crippen molar-refractivity contribution in [2.24, 2.45) is 5.10 Å². The van der Waals surface area contributed by atoms with Crippen molar-refractivity contribution in [2.75, 3.05) is 21.0 Å². The first-order valence-corrected chi connectivity index (χ1v) is 8.52. The quantitative estimate of drug-likeness (QED) is 0.574. The average molecular weight is 421 g/mol. The number of amides is 1. The Balaban J connectivity index is 1.62. The second kappa shape index (κ2) is 8.09. The number of hydrazone groups is 1. The first kappa shape index (κ1) is 18.1. The third kappa shape index (κ3) is 4.08. The Labute approximate surface area is 159 Å². The van der Waals surface area contributed by atoms with Gasteiger partial charge in [-0.3, -0.25) is 4.79 Å². The van der Waals surface area contributed by atoms with Crippen LogP contribution in [0.4, 0.5) is 0 Å². The highest BCUT2D eigenvalue weighted by Crippen LogP contribution is 2.36. The molecule has 2 aromatic carbocycles. The Morgan fingerprint density at radius 2 is 1.92 bits per heavy atom. The molecular weight excluding hydrogens is 404 g/mol. The molecule has 0 aromatic heterocycles. The van der Waals surface area contributed by atoms with Crippen molar-refractivity contribution in [1.29, 1.82) is 0 Å². The van der Waals surface area contributed by atoms with E-state index in [-0.39, 0.29) is 19.1 Å². The molecule has 3 rings (SSSR count). The monoisotopic (exact) mass is 420 g/mol. The molecule has 1 N–H and O–H groups in total. The third-order valence-electron chi connectivity index (χ3n) is 3.70. The second-order valence-electron chi connectivity index (χ2n) is 5.39. The Morgan fingerprint density at radius 3 is 2.65 bits per heavy atom. The molecule has 0 unspecified atom stereocenters. The lowest BCUT2D eigenvalue weighted by Crippen LogP contribution is -2.19. The number of carbonyl (C=O) groups excluding carboxylic acids is 1. The van der Waals surface area contributed by atoms with Gasteiger partial charge in [0.2, 0.25) is 12.7 Å². The van der Waals surface area contributed by atoms with E-state index in [2.05, 4.69) is 26.5 Å². The molecule has 0 atom stereocenters. The summed E-state index contributed by atoms with van der Waals surface area (Å²) in [5.74, 6) is 2.26. The Hall–Kier alpha value is -2.74. The van der Waals surface area contributed by atoms with Gasteiger partial charge in [0.1, 0.15) is 0 Å². The second-order valence-corrected chi connectivity index (χ2v) is 6.24. The number of hydrogen-bond donors (Lipinski definition) is 1. The van der Waals surface area contributed by atoms with Crippen LogP contribution >= 0.6 is 15.9 Å². The fraction of sp³-hybridized carbons (Fsp3) is 0.222. The van der Waals surface area contributed by atoms with E-state index < -0.39 is 0 Å². The van der Waals surface area contributed by atoms with Gasteiger partial charge in [-0.15, -0.1) is 0 Å². The van der Waals surface area contributed by atoms with E-state index in [1.165, 1.54) is 0 Å². The molecule has 136 valence electrons. The number of ether oxygens (including phenoxy) is 4. The van der Waals surface area contributed by atoms with E-state index in [0.717, 1.165) is 15.6 Å². The number of fused-ring (bicyclic) bond motifs is 1. The van der Waals surface area contributed by atoms with Gasteiger partial charge in [0.15, 0.2) is 23.0 Å². The summed E-state index contributed by atoms with van der Waals surface area (Å²) in [6.07, 6.45) is 1.71. The van der Waals surface area contributed by atoms with Crippen LogP contribution in [0.5, 0.6) is 23.0 Å². The summed E-state index contributed by atoms with van der Waals surface area (Å²) in [5.41, 5.74) is 4.06. The summed E-state index contributed by atoms with van der Waals surface area (Å²) in [5, 5.41) is 3.99. The number of hydrogen-bond acceptors (Lipinski definition) is 6. The van der Waals surface area contributed by atoms with Crippen molar-refractivity contribution in [3.05, 3.63) is 45.9 Å². The molecule has 1 heterocycles. The van der Waals surface area contributed by atoms with Crippen LogP contribution < -0.4 is 24.4 Å². The highest BCUT2D eigenvalue weighted by molar-refractivity contribution is 9.10. The number of methoxy groups -OCH3 is 2. The smallest absolute Gasteiger partial charge is 0.244 e. The van der Waals surface area contributed by atoms with Gasteiger partial charge in [-0.05, 0) is 45.8 Å². The molecule has 2 aromatic rings. The van der Waals surface area contributed by atoms with Crippen LogP contribution in [0, 0.1) is 0 Å². The normalized spacial score (nSPS) is 12.3. The number of nitrogens with zero attached hydrogens (tertiary/aromatic N) is 1. The lowest BCUT2D eigenvalue weighted by atomic mass is 10.1. The van der Waals surface area contributed by atoms with E-state index in [0.29, 0.717) is 23.0 Å². The van der Waals surface area contributed by atoms with E-state index in [9.17, 15) is 4.79 Å². The maximum Gasteiger partial charge on any atom is 0.244 e. The minimum atomic E-state index is -0.245. The molecule has 0 saturated heterocycles. The summed E-state index contributed by atoms with van der Waals surface area (Å²) in [4.78, 5) is 12.1. The van der Waals surface area contributed by atoms with Crippen LogP contribution in [-0.4, -0.2) is 33.1 Å². The highest BCUT2D eigenvalue weighted by atomic mass is 79.9. The molecule has 0 bridgehead atoms.